The third kappa shape index (κ3) is 3.55. The standard InChI is InChI=1S/C18H15NO2/c1-4-20-17-7-5-15(9-13(17)2)11-16-6-8-18(21-12-19)14(3)10-16/h1,5-10H,11H2,2-3H3. The van der Waals surface area contributed by atoms with Gasteiger partial charge in [-0.1, -0.05) is 30.7 Å². The predicted molar refractivity (Wildman–Crippen MR) is 80.9 cm³/mol. The maximum atomic E-state index is 8.55. The van der Waals surface area contributed by atoms with Crippen LogP contribution in [0.2, 0.25) is 0 Å². The van der Waals surface area contributed by atoms with Crippen molar-refractivity contribution in [1.29, 1.82) is 5.26 Å². The van der Waals surface area contributed by atoms with Crippen LogP contribution >= 0.6 is 0 Å². The summed E-state index contributed by atoms with van der Waals surface area (Å²) < 4.78 is 9.96. The van der Waals surface area contributed by atoms with Crippen molar-refractivity contribution in [2.24, 2.45) is 0 Å². The zero-order chi connectivity index (χ0) is 15.2. The summed E-state index contributed by atoms with van der Waals surface area (Å²) in [5.74, 6) is 1.30. The van der Waals surface area contributed by atoms with E-state index in [1.807, 2.05) is 44.2 Å². The van der Waals surface area contributed by atoms with Crippen LogP contribution in [-0.2, 0) is 6.42 Å². The van der Waals surface area contributed by atoms with Crippen molar-refractivity contribution in [3.05, 3.63) is 58.7 Å². The minimum atomic E-state index is 0.593. The van der Waals surface area contributed by atoms with Crippen molar-refractivity contribution >= 4 is 0 Å². The summed E-state index contributed by atoms with van der Waals surface area (Å²) in [6, 6.07) is 11.7. The van der Waals surface area contributed by atoms with Gasteiger partial charge in [0.05, 0.1) is 0 Å². The minimum absolute atomic E-state index is 0.593. The van der Waals surface area contributed by atoms with Crippen molar-refractivity contribution in [3.8, 4) is 30.3 Å². The maximum absolute atomic E-state index is 8.55. The Morgan fingerprint density at radius 3 is 1.90 bits per heavy atom. The number of nitriles is 1. The number of terminal acetylenes is 1. The largest absolute Gasteiger partial charge is 0.408 e. The molecule has 0 saturated carbocycles. The fourth-order valence-corrected chi connectivity index (χ4v) is 2.22. The molecule has 0 aliphatic heterocycles. The zero-order valence-electron chi connectivity index (χ0n) is 12.0. The van der Waals surface area contributed by atoms with E-state index >= 15 is 0 Å². The molecule has 3 nitrogen and oxygen atoms in total. The average molecular weight is 277 g/mol. The monoisotopic (exact) mass is 277 g/mol. The molecular formula is C18H15NO2. The van der Waals surface area contributed by atoms with Gasteiger partial charge in [0.15, 0.2) is 0 Å². The molecule has 0 atom stereocenters. The molecule has 0 fully saturated rings. The van der Waals surface area contributed by atoms with E-state index < -0.39 is 0 Å². The van der Waals surface area contributed by atoms with E-state index in [4.69, 9.17) is 21.2 Å². The quantitative estimate of drug-likeness (QED) is 0.631. The molecule has 0 spiro atoms. The number of hydrogen-bond donors (Lipinski definition) is 0. The Balaban J connectivity index is 2.19. The number of hydrogen-bond acceptors (Lipinski definition) is 3. The van der Waals surface area contributed by atoms with E-state index in [-0.39, 0.29) is 0 Å². The topological polar surface area (TPSA) is 42.2 Å². The van der Waals surface area contributed by atoms with E-state index in [0.717, 1.165) is 23.1 Å². The van der Waals surface area contributed by atoms with E-state index in [1.54, 1.807) is 6.26 Å². The van der Waals surface area contributed by atoms with Crippen LogP contribution in [0.25, 0.3) is 0 Å². The Morgan fingerprint density at radius 1 is 0.952 bits per heavy atom. The molecule has 0 amide bonds. The van der Waals surface area contributed by atoms with E-state index in [9.17, 15) is 0 Å². The Hall–Kier alpha value is -2.91. The van der Waals surface area contributed by atoms with Gasteiger partial charge in [0, 0.05) is 0 Å². The first kappa shape index (κ1) is 14.5. The molecule has 0 aromatic heterocycles. The highest BCUT2D eigenvalue weighted by atomic mass is 16.5. The molecule has 21 heavy (non-hydrogen) atoms. The summed E-state index contributed by atoms with van der Waals surface area (Å²) in [6.07, 6.45) is 9.80. The zero-order valence-corrected chi connectivity index (χ0v) is 12.0. The lowest BCUT2D eigenvalue weighted by molar-refractivity contribution is 0.503. The molecule has 2 aromatic rings. The fraction of sp³-hybridized carbons (Fsp3) is 0.167. The Kier molecular flexibility index (Phi) is 4.49. The summed E-state index contributed by atoms with van der Waals surface area (Å²) in [5, 5.41) is 8.55. The number of rotatable bonds is 4. The molecule has 2 aromatic carbocycles. The smallest absolute Gasteiger partial charge is 0.292 e. The van der Waals surface area contributed by atoms with Crippen molar-refractivity contribution in [3.63, 3.8) is 0 Å². The minimum Gasteiger partial charge on any atom is -0.408 e. The summed E-state index contributed by atoms with van der Waals surface area (Å²) in [4.78, 5) is 0. The third-order valence-corrected chi connectivity index (χ3v) is 3.21. The second kappa shape index (κ2) is 6.50. The molecule has 2 rings (SSSR count). The lowest BCUT2D eigenvalue weighted by Crippen LogP contribution is -1.94. The van der Waals surface area contributed by atoms with Gasteiger partial charge in [0.1, 0.15) is 17.6 Å². The second-order valence-corrected chi connectivity index (χ2v) is 4.79. The van der Waals surface area contributed by atoms with Gasteiger partial charge in [-0.25, -0.2) is 0 Å². The van der Waals surface area contributed by atoms with Crippen LogP contribution < -0.4 is 9.47 Å². The van der Waals surface area contributed by atoms with E-state index in [1.165, 1.54) is 5.56 Å². The Bertz CT molecular complexity index is 672. The van der Waals surface area contributed by atoms with E-state index in [0.29, 0.717) is 11.5 Å². The van der Waals surface area contributed by atoms with E-state index in [2.05, 4.69) is 12.2 Å². The Morgan fingerprint density at radius 2 is 1.48 bits per heavy atom. The van der Waals surface area contributed by atoms with Crippen molar-refractivity contribution in [1.82, 2.24) is 0 Å². The first-order valence-corrected chi connectivity index (χ1v) is 6.51. The molecule has 0 heterocycles. The average Bonchev–Trinajstić information content (AvgIpc) is 2.45. The van der Waals surface area contributed by atoms with Crippen molar-refractivity contribution in [2.75, 3.05) is 0 Å². The van der Waals surface area contributed by atoms with Gasteiger partial charge < -0.3 is 9.47 Å². The fourth-order valence-electron chi connectivity index (χ4n) is 2.22. The summed E-state index contributed by atoms with van der Waals surface area (Å²) in [5.41, 5.74) is 4.28. The first-order valence-electron chi connectivity index (χ1n) is 6.51. The molecule has 0 aliphatic rings. The lowest BCUT2D eigenvalue weighted by atomic mass is 10.0. The Labute approximate surface area is 124 Å². The first-order chi connectivity index (χ1) is 10.1. The molecule has 0 saturated heterocycles. The third-order valence-electron chi connectivity index (χ3n) is 3.21. The molecule has 3 heteroatoms. The van der Waals surface area contributed by atoms with Gasteiger partial charge in [0.25, 0.3) is 6.26 Å². The SMILES string of the molecule is C#COc1ccc(Cc2ccc(OC#N)c(C)c2)cc1C. The van der Waals surface area contributed by atoms with Crippen LogP contribution in [0.4, 0.5) is 0 Å². The maximum Gasteiger partial charge on any atom is 0.292 e. The molecule has 0 unspecified atom stereocenters. The number of ether oxygens (including phenoxy) is 2. The summed E-state index contributed by atoms with van der Waals surface area (Å²) in [7, 11) is 0. The van der Waals surface area contributed by atoms with Gasteiger partial charge >= 0.3 is 0 Å². The second-order valence-electron chi connectivity index (χ2n) is 4.79. The number of aryl methyl sites for hydroxylation is 2. The number of benzene rings is 2. The van der Waals surface area contributed by atoms with Crippen LogP contribution in [-0.4, -0.2) is 0 Å². The number of nitrogens with zero attached hydrogens (tertiary/aromatic N) is 1. The van der Waals surface area contributed by atoms with Gasteiger partial charge in [-0.15, -0.1) is 5.26 Å². The highest BCUT2D eigenvalue weighted by molar-refractivity contribution is 5.42. The van der Waals surface area contributed by atoms with Gasteiger partial charge in [0.2, 0.25) is 0 Å². The molecular weight excluding hydrogens is 262 g/mol. The molecule has 0 aliphatic carbocycles. The van der Waals surface area contributed by atoms with Gasteiger partial charge in [-0.2, -0.15) is 0 Å². The lowest BCUT2D eigenvalue weighted by Gasteiger charge is -2.08. The van der Waals surface area contributed by atoms with Gasteiger partial charge in [-0.3, -0.25) is 0 Å². The molecule has 0 bridgehead atoms. The highest BCUT2D eigenvalue weighted by Gasteiger charge is 2.05. The van der Waals surface area contributed by atoms with Crippen LogP contribution in [0.3, 0.4) is 0 Å². The van der Waals surface area contributed by atoms with Crippen LogP contribution in [0.15, 0.2) is 36.4 Å². The summed E-state index contributed by atoms with van der Waals surface area (Å²) >= 11 is 0. The highest BCUT2D eigenvalue weighted by Crippen LogP contribution is 2.23. The predicted octanol–water partition coefficient (Wildman–Crippen LogP) is 3.72. The van der Waals surface area contributed by atoms with Crippen LogP contribution in [0, 0.1) is 37.9 Å². The van der Waals surface area contributed by atoms with Gasteiger partial charge in [-0.05, 0) is 54.7 Å². The molecule has 0 N–H and O–H groups in total. The van der Waals surface area contributed by atoms with Crippen LogP contribution in [0.5, 0.6) is 11.5 Å². The molecule has 0 radical (unpaired) electrons. The molecule has 104 valence electrons. The normalized spacial score (nSPS) is 9.52. The summed E-state index contributed by atoms with van der Waals surface area (Å²) in [6.45, 7) is 3.89. The van der Waals surface area contributed by atoms with Crippen molar-refractivity contribution in [2.45, 2.75) is 20.3 Å². The van der Waals surface area contributed by atoms with Crippen LogP contribution in [0.1, 0.15) is 22.3 Å². The van der Waals surface area contributed by atoms with Crippen molar-refractivity contribution < 1.29 is 9.47 Å².